The summed E-state index contributed by atoms with van der Waals surface area (Å²) in [7, 11) is 0. The number of hydrogen-bond donors (Lipinski definition) is 3. The Morgan fingerprint density at radius 3 is 2.65 bits per heavy atom. The van der Waals surface area contributed by atoms with Crippen LogP contribution in [0.3, 0.4) is 0 Å². The first-order valence-corrected chi connectivity index (χ1v) is 7.93. The monoisotopic (exact) mass is 331 g/mol. The normalized spacial score (nSPS) is 17.7. The molecule has 0 amide bonds. The van der Waals surface area contributed by atoms with Crippen molar-refractivity contribution in [3.8, 4) is 0 Å². The quantitative estimate of drug-likeness (QED) is 0.742. The first-order chi connectivity index (χ1) is 9.56. The van der Waals surface area contributed by atoms with Crippen molar-refractivity contribution in [3.63, 3.8) is 0 Å². The molecule has 1 aromatic carbocycles. The zero-order valence-electron chi connectivity index (χ0n) is 11.2. The number of hydrogen-bond acceptors (Lipinski definition) is 2. The molecule has 1 unspecified atom stereocenters. The zero-order valence-corrected chi connectivity index (χ0v) is 13.5. The summed E-state index contributed by atoms with van der Waals surface area (Å²) in [6.07, 6.45) is 3.10. The number of piperidine rings is 1. The molecular weight excluding hydrogens is 313 g/mol. The van der Waals surface area contributed by atoms with Crippen LogP contribution in [0.1, 0.15) is 18.4 Å². The Balaban J connectivity index is 2.09. The molecule has 1 heterocycles. The molecule has 6 heteroatoms. The van der Waals surface area contributed by atoms with E-state index >= 15 is 0 Å². The second-order valence-corrected chi connectivity index (χ2v) is 6.41. The molecular formula is C14H19Cl2N3S. The molecule has 1 aliphatic rings. The Bertz CT molecular complexity index is 475. The van der Waals surface area contributed by atoms with Crippen molar-refractivity contribution in [2.45, 2.75) is 25.3 Å². The van der Waals surface area contributed by atoms with E-state index in [1.165, 1.54) is 0 Å². The summed E-state index contributed by atoms with van der Waals surface area (Å²) in [6.45, 7) is 2.09. The van der Waals surface area contributed by atoms with Crippen LogP contribution in [0.4, 0.5) is 0 Å². The fourth-order valence-corrected chi connectivity index (χ4v) is 3.16. The van der Waals surface area contributed by atoms with Gasteiger partial charge in [0.1, 0.15) is 0 Å². The Kier molecular flexibility index (Phi) is 5.90. The van der Waals surface area contributed by atoms with E-state index in [9.17, 15) is 0 Å². The van der Waals surface area contributed by atoms with E-state index in [1.54, 1.807) is 0 Å². The largest absolute Gasteiger partial charge is 0.376 e. The van der Waals surface area contributed by atoms with Crippen LogP contribution in [-0.4, -0.2) is 24.2 Å². The molecule has 0 aliphatic carbocycles. The van der Waals surface area contributed by atoms with Crippen LogP contribution in [0.15, 0.2) is 18.2 Å². The Morgan fingerprint density at radius 2 is 2.05 bits per heavy atom. The molecule has 0 saturated carbocycles. The smallest absolute Gasteiger partial charge is 0.163 e. The lowest BCUT2D eigenvalue weighted by molar-refractivity contribution is 0.300. The summed E-state index contributed by atoms with van der Waals surface area (Å²) in [5.74, 6) is 0.562. The summed E-state index contributed by atoms with van der Waals surface area (Å²) in [5.41, 5.74) is 6.81. The molecule has 0 bridgehead atoms. The molecule has 1 aliphatic heterocycles. The van der Waals surface area contributed by atoms with E-state index in [0.717, 1.165) is 37.9 Å². The first kappa shape index (κ1) is 15.8. The van der Waals surface area contributed by atoms with Crippen molar-refractivity contribution >= 4 is 40.5 Å². The zero-order chi connectivity index (χ0) is 14.5. The van der Waals surface area contributed by atoms with E-state index in [0.29, 0.717) is 21.1 Å². The molecule has 0 spiro atoms. The van der Waals surface area contributed by atoms with Gasteiger partial charge in [0.05, 0.1) is 10.0 Å². The minimum atomic E-state index is 0.242. The van der Waals surface area contributed by atoms with Crippen LogP contribution in [0, 0.1) is 5.92 Å². The molecule has 1 saturated heterocycles. The number of nitrogens with one attached hydrogen (secondary N) is 2. The van der Waals surface area contributed by atoms with Crippen LogP contribution in [0.2, 0.25) is 10.0 Å². The minimum absolute atomic E-state index is 0.242. The number of halogens is 2. The lowest BCUT2D eigenvalue weighted by atomic mass is 9.86. The molecule has 4 N–H and O–H groups in total. The third-order valence-corrected chi connectivity index (χ3v) is 4.58. The van der Waals surface area contributed by atoms with Gasteiger partial charge in [-0.25, -0.2) is 0 Å². The van der Waals surface area contributed by atoms with Crippen molar-refractivity contribution in [3.05, 3.63) is 33.8 Å². The molecule has 2 rings (SSSR count). The molecule has 3 nitrogen and oxygen atoms in total. The Hall–Kier alpha value is -0.550. The maximum absolute atomic E-state index is 6.08. The van der Waals surface area contributed by atoms with E-state index in [2.05, 4.69) is 10.6 Å². The molecule has 1 fully saturated rings. The second-order valence-electron chi connectivity index (χ2n) is 5.16. The van der Waals surface area contributed by atoms with Crippen LogP contribution in [-0.2, 0) is 6.42 Å². The van der Waals surface area contributed by atoms with Crippen molar-refractivity contribution in [1.82, 2.24) is 10.6 Å². The number of nitrogens with two attached hydrogens (primary N) is 1. The Labute approximate surface area is 135 Å². The van der Waals surface area contributed by atoms with Crippen molar-refractivity contribution < 1.29 is 0 Å². The van der Waals surface area contributed by atoms with Gasteiger partial charge >= 0.3 is 0 Å². The van der Waals surface area contributed by atoms with E-state index in [-0.39, 0.29) is 6.04 Å². The van der Waals surface area contributed by atoms with Gasteiger partial charge in [-0.15, -0.1) is 0 Å². The molecule has 110 valence electrons. The van der Waals surface area contributed by atoms with Gasteiger partial charge in [-0.1, -0.05) is 29.3 Å². The maximum atomic E-state index is 6.08. The Morgan fingerprint density at radius 1 is 1.35 bits per heavy atom. The van der Waals surface area contributed by atoms with Gasteiger partial charge in [0.2, 0.25) is 0 Å². The van der Waals surface area contributed by atoms with Crippen molar-refractivity contribution in [2.24, 2.45) is 11.7 Å². The van der Waals surface area contributed by atoms with Gasteiger partial charge in [-0.3, -0.25) is 0 Å². The average Bonchev–Trinajstić information content (AvgIpc) is 2.43. The SMILES string of the molecule is NC(=S)NC(Cc1ccc(Cl)c(Cl)c1)C1CCNCC1. The fourth-order valence-electron chi connectivity index (χ4n) is 2.69. The lowest BCUT2D eigenvalue weighted by Crippen LogP contribution is -2.47. The van der Waals surface area contributed by atoms with Gasteiger partial charge < -0.3 is 16.4 Å². The predicted octanol–water partition coefficient (Wildman–Crippen LogP) is 2.74. The summed E-state index contributed by atoms with van der Waals surface area (Å²) < 4.78 is 0. The third kappa shape index (κ3) is 4.48. The fraction of sp³-hybridized carbons (Fsp3) is 0.500. The second kappa shape index (κ2) is 7.46. The predicted molar refractivity (Wildman–Crippen MR) is 89.5 cm³/mol. The van der Waals surface area contributed by atoms with Crippen molar-refractivity contribution in [1.29, 1.82) is 0 Å². The van der Waals surface area contributed by atoms with Crippen molar-refractivity contribution in [2.75, 3.05) is 13.1 Å². The lowest BCUT2D eigenvalue weighted by Gasteiger charge is -2.31. The van der Waals surface area contributed by atoms with Crippen LogP contribution in [0.5, 0.6) is 0 Å². The van der Waals surface area contributed by atoms with Gasteiger partial charge in [-0.05, 0) is 68.2 Å². The number of benzene rings is 1. The standard InChI is InChI=1S/C14H19Cl2N3S/c15-11-2-1-9(7-12(11)16)8-13(19-14(17)20)10-3-5-18-6-4-10/h1-2,7,10,13,18H,3-6,8H2,(H3,17,19,20). The summed E-state index contributed by atoms with van der Waals surface area (Å²) >= 11 is 17.0. The highest BCUT2D eigenvalue weighted by Gasteiger charge is 2.24. The number of rotatable bonds is 4. The van der Waals surface area contributed by atoms with Crippen LogP contribution < -0.4 is 16.4 Å². The molecule has 20 heavy (non-hydrogen) atoms. The molecule has 0 aromatic heterocycles. The maximum Gasteiger partial charge on any atom is 0.163 e. The third-order valence-electron chi connectivity index (χ3n) is 3.72. The highest BCUT2D eigenvalue weighted by Crippen LogP contribution is 2.25. The van der Waals surface area contributed by atoms with Gasteiger partial charge in [0.25, 0.3) is 0 Å². The van der Waals surface area contributed by atoms with Gasteiger partial charge in [0.15, 0.2) is 5.11 Å². The highest BCUT2D eigenvalue weighted by atomic mass is 35.5. The minimum Gasteiger partial charge on any atom is -0.376 e. The number of thiocarbonyl (C=S) groups is 1. The average molecular weight is 332 g/mol. The van der Waals surface area contributed by atoms with Crippen LogP contribution >= 0.6 is 35.4 Å². The summed E-state index contributed by atoms with van der Waals surface area (Å²) in [6, 6.07) is 5.99. The van der Waals surface area contributed by atoms with Gasteiger partial charge in [-0.2, -0.15) is 0 Å². The van der Waals surface area contributed by atoms with Crippen LogP contribution in [0.25, 0.3) is 0 Å². The topological polar surface area (TPSA) is 50.1 Å². The summed E-state index contributed by atoms with van der Waals surface area (Å²) in [5, 5.41) is 8.13. The molecule has 0 radical (unpaired) electrons. The van der Waals surface area contributed by atoms with E-state index in [4.69, 9.17) is 41.2 Å². The van der Waals surface area contributed by atoms with E-state index < -0.39 is 0 Å². The van der Waals surface area contributed by atoms with E-state index in [1.807, 2.05) is 18.2 Å². The highest BCUT2D eigenvalue weighted by molar-refractivity contribution is 7.80. The summed E-state index contributed by atoms with van der Waals surface area (Å²) in [4.78, 5) is 0. The van der Waals surface area contributed by atoms with Gasteiger partial charge in [0, 0.05) is 6.04 Å². The molecule has 1 aromatic rings. The molecule has 1 atom stereocenters. The first-order valence-electron chi connectivity index (χ1n) is 6.77.